The van der Waals surface area contributed by atoms with Crippen molar-refractivity contribution in [3.05, 3.63) is 7.43 Å². The molecule has 1 rings (SSSR count). The summed E-state index contributed by atoms with van der Waals surface area (Å²) in [5.41, 5.74) is 0. The van der Waals surface area contributed by atoms with E-state index < -0.39 is 0 Å². The molecule has 0 nitrogen and oxygen atoms in total. The van der Waals surface area contributed by atoms with Crippen LogP contribution in [0.1, 0.15) is 32.6 Å². The fourth-order valence-corrected chi connectivity index (χ4v) is 1.33. The van der Waals surface area contributed by atoms with Crippen LogP contribution in [0.5, 0.6) is 0 Å². The molecule has 0 saturated heterocycles. The van der Waals surface area contributed by atoms with Gasteiger partial charge in [0.2, 0.25) is 0 Å². The molecule has 0 aromatic heterocycles. The van der Waals surface area contributed by atoms with Gasteiger partial charge in [0.1, 0.15) is 0 Å². The van der Waals surface area contributed by atoms with E-state index in [1.165, 1.54) is 30.1 Å². The molecule has 0 unspecified atom stereocenters. The molecule has 59 valence electrons. The van der Waals surface area contributed by atoms with Gasteiger partial charge in [0.25, 0.3) is 0 Å². The smallest absolute Gasteiger partial charge is 0.358 e. The molecule has 0 spiro atoms. The summed E-state index contributed by atoms with van der Waals surface area (Å²) in [5, 5.41) is 0. The van der Waals surface area contributed by atoms with Crippen LogP contribution in [0.2, 0.25) is 0 Å². The molecular weight excluding hydrogens is 160 g/mol. The third kappa shape index (κ3) is 3.17. The average Bonchev–Trinajstić information content (AvgIpc) is 1.77. The van der Waals surface area contributed by atoms with E-state index in [9.17, 15) is 0 Å². The van der Waals surface area contributed by atoms with Crippen molar-refractivity contribution in [2.75, 3.05) is 0 Å². The first kappa shape index (κ1) is 9.39. The van der Waals surface area contributed by atoms with Gasteiger partial charge in [0, 0.05) is 0 Å². The van der Waals surface area contributed by atoms with Crippen molar-refractivity contribution >= 4 is 4.42 Å². The van der Waals surface area contributed by atoms with Gasteiger partial charge in [-0.2, -0.15) is 0 Å². The molecule has 1 fully saturated rings. The Morgan fingerprint density at radius 3 is 2.11 bits per heavy atom. The fraction of sp³-hybridized carbons (Fsp3) is 0.750. The van der Waals surface area contributed by atoms with Gasteiger partial charge in [-0.3, -0.25) is 0 Å². The molecule has 9 heavy (non-hydrogen) atoms. The molecule has 1 aliphatic rings. The van der Waals surface area contributed by atoms with Gasteiger partial charge in [-0.1, -0.05) is 0 Å². The van der Waals surface area contributed by atoms with Gasteiger partial charge < -0.3 is 7.43 Å². The van der Waals surface area contributed by atoms with Crippen LogP contribution >= 0.6 is 0 Å². The zero-order chi connectivity index (χ0) is 5.98. The molecular formula is C8H15Cu-. The second kappa shape index (κ2) is 4.24. The van der Waals surface area contributed by atoms with E-state index in [-0.39, 0.29) is 7.43 Å². The monoisotopic (exact) mass is 174 g/mol. The molecule has 0 aromatic rings. The van der Waals surface area contributed by atoms with Crippen molar-refractivity contribution < 1.29 is 15.6 Å². The largest absolute Gasteiger partial charge is 0.358 e. The van der Waals surface area contributed by atoms with Crippen molar-refractivity contribution in [2.24, 2.45) is 5.92 Å². The minimum atomic E-state index is 0. The van der Waals surface area contributed by atoms with Gasteiger partial charge >= 0.3 is 58.5 Å². The zero-order valence-electron chi connectivity index (χ0n) is 6.21. The van der Waals surface area contributed by atoms with Crippen LogP contribution in [0.3, 0.4) is 0 Å². The minimum Gasteiger partial charge on any atom is -0.358 e. The van der Waals surface area contributed by atoms with Gasteiger partial charge in [-0.15, -0.1) is 0 Å². The van der Waals surface area contributed by atoms with Crippen molar-refractivity contribution in [1.82, 2.24) is 0 Å². The maximum Gasteiger partial charge on any atom is -0.358 e. The van der Waals surface area contributed by atoms with Gasteiger partial charge in [0.05, 0.1) is 0 Å². The summed E-state index contributed by atoms with van der Waals surface area (Å²) in [5.74, 6) is 0.929. The third-order valence-corrected chi connectivity index (χ3v) is 2.25. The van der Waals surface area contributed by atoms with Crippen LogP contribution < -0.4 is 0 Å². The normalized spacial score (nSPS) is 21.4. The van der Waals surface area contributed by atoms with Gasteiger partial charge in [0.15, 0.2) is 0 Å². The molecule has 0 amide bonds. The number of hydrogen-bond acceptors (Lipinski definition) is 0. The summed E-state index contributed by atoms with van der Waals surface area (Å²) >= 11 is 5.20. The van der Waals surface area contributed by atoms with Gasteiger partial charge in [-0.25, -0.2) is 0 Å². The van der Waals surface area contributed by atoms with E-state index in [1.54, 1.807) is 0 Å². The van der Waals surface area contributed by atoms with Crippen LogP contribution in [0.4, 0.5) is 0 Å². The standard InChI is InChI=1S/C7H12.CH3.Cu/c1-7-5-3-2-4-6-7;;/h7H,3-6H2,1H3;1H3;/q;-1;. The second-order valence-electron chi connectivity index (χ2n) is 2.65. The third-order valence-electron chi connectivity index (χ3n) is 1.78. The van der Waals surface area contributed by atoms with Gasteiger partial charge in [-0.05, 0) is 0 Å². The summed E-state index contributed by atoms with van der Waals surface area (Å²) in [6.45, 7) is 2.30. The SMILES string of the molecule is CC1CC[C](=[Cu])CC1.[CH3-]. The molecule has 0 aliphatic heterocycles. The van der Waals surface area contributed by atoms with Crippen molar-refractivity contribution in [2.45, 2.75) is 32.6 Å². The van der Waals surface area contributed by atoms with E-state index in [4.69, 9.17) is 15.6 Å². The molecule has 0 aromatic carbocycles. The summed E-state index contributed by atoms with van der Waals surface area (Å²) in [7, 11) is 0. The number of hydrogen-bond donors (Lipinski definition) is 0. The van der Waals surface area contributed by atoms with Crippen LogP contribution in [0.25, 0.3) is 0 Å². The first-order valence-corrected chi connectivity index (χ1v) is 3.72. The Morgan fingerprint density at radius 1 is 1.33 bits per heavy atom. The molecule has 1 saturated carbocycles. The van der Waals surface area contributed by atoms with Crippen LogP contribution in [-0.4, -0.2) is 4.42 Å². The Kier molecular flexibility index (Phi) is 4.43. The topological polar surface area (TPSA) is 0 Å². The fourth-order valence-electron chi connectivity index (χ4n) is 1.05. The molecule has 0 atom stereocenters. The Hall–Kier alpha value is 0.389. The zero-order valence-corrected chi connectivity index (χ0v) is 7.15. The Labute approximate surface area is 66.4 Å². The average molecular weight is 175 g/mol. The summed E-state index contributed by atoms with van der Waals surface area (Å²) in [4.78, 5) is 0. The maximum absolute atomic E-state index is 5.20. The molecule has 0 N–H and O–H groups in total. The predicted octanol–water partition coefficient (Wildman–Crippen LogP) is 2.37. The van der Waals surface area contributed by atoms with E-state index in [1.807, 2.05) is 0 Å². The van der Waals surface area contributed by atoms with Crippen LogP contribution in [-0.2, 0) is 15.6 Å². The van der Waals surface area contributed by atoms with E-state index in [2.05, 4.69) is 6.92 Å². The quantitative estimate of drug-likeness (QED) is 0.391. The van der Waals surface area contributed by atoms with Crippen molar-refractivity contribution in [1.29, 1.82) is 0 Å². The van der Waals surface area contributed by atoms with E-state index in [0.29, 0.717) is 0 Å². The maximum atomic E-state index is 5.20. The molecule has 0 radical (unpaired) electrons. The Balaban J connectivity index is 0.000000640. The first-order valence-electron chi connectivity index (χ1n) is 3.25. The summed E-state index contributed by atoms with van der Waals surface area (Å²) in [6, 6.07) is 0. The molecule has 0 bridgehead atoms. The van der Waals surface area contributed by atoms with E-state index >= 15 is 0 Å². The first-order chi connectivity index (χ1) is 3.79. The Morgan fingerprint density at radius 2 is 1.78 bits per heavy atom. The van der Waals surface area contributed by atoms with Crippen molar-refractivity contribution in [3.8, 4) is 0 Å². The predicted molar refractivity (Wildman–Crippen MR) is 39.1 cm³/mol. The van der Waals surface area contributed by atoms with Crippen molar-refractivity contribution in [3.63, 3.8) is 0 Å². The number of rotatable bonds is 0. The van der Waals surface area contributed by atoms with Crippen LogP contribution in [0.15, 0.2) is 0 Å². The molecule has 1 heteroatoms. The Bertz CT molecular complexity index is 86.7. The second-order valence-corrected chi connectivity index (χ2v) is 3.31. The molecule has 1 aliphatic carbocycles. The summed E-state index contributed by atoms with van der Waals surface area (Å²) < 4.78 is 1.27. The van der Waals surface area contributed by atoms with E-state index in [0.717, 1.165) is 5.92 Å². The molecule has 0 heterocycles. The van der Waals surface area contributed by atoms with Crippen LogP contribution in [0, 0.1) is 13.3 Å². The minimum absolute atomic E-state index is 0. The summed E-state index contributed by atoms with van der Waals surface area (Å²) in [6.07, 6.45) is 5.05.